The molecule has 21 heavy (non-hydrogen) atoms. The molecule has 0 saturated carbocycles. The van der Waals surface area contributed by atoms with Gasteiger partial charge in [-0.1, -0.05) is 6.07 Å². The van der Waals surface area contributed by atoms with Crippen LogP contribution in [0.2, 0.25) is 0 Å². The zero-order valence-corrected chi connectivity index (χ0v) is 13.8. The van der Waals surface area contributed by atoms with Crippen LogP contribution in [0.4, 0.5) is 0 Å². The molecular formula is C13H14N2O3S3. The van der Waals surface area contributed by atoms with E-state index in [2.05, 4.69) is 4.98 Å². The van der Waals surface area contributed by atoms with Crippen LogP contribution >= 0.6 is 22.7 Å². The second-order valence-electron chi connectivity index (χ2n) is 4.99. The highest BCUT2D eigenvalue weighted by atomic mass is 32.2. The fourth-order valence-corrected chi connectivity index (χ4v) is 5.70. The molecule has 0 spiro atoms. The Morgan fingerprint density at radius 3 is 2.86 bits per heavy atom. The molecule has 2 aromatic rings. The summed E-state index contributed by atoms with van der Waals surface area (Å²) in [5.74, 6) is 0.000366. The number of rotatable bonds is 3. The summed E-state index contributed by atoms with van der Waals surface area (Å²) in [7, 11) is -1.35. The average Bonchev–Trinajstić information content (AvgIpc) is 3.16. The van der Waals surface area contributed by atoms with Crippen molar-refractivity contribution in [2.45, 2.75) is 12.5 Å². The Bertz CT molecular complexity index is 749. The molecule has 1 aliphatic heterocycles. The van der Waals surface area contributed by atoms with Gasteiger partial charge in [0.25, 0.3) is 5.91 Å². The Morgan fingerprint density at radius 2 is 2.24 bits per heavy atom. The molecule has 1 aliphatic rings. The van der Waals surface area contributed by atoms with Crippen LogP contribution in [0.1, 0.15) is 16.9 Å². The van der Waals surface area contributed by atoms with E-state index in [-0.39, 0.29) is 23.5 Å². The van der Waals surface area contributed by atoms with Gasteiger partial charge in [0.05, 0.1) is 16.4 Å². The van der Waals surface area contributed by atoms with Gasteiger partial charge in [0, 0.05) is 18.5 Å². The predicted octanol–water partition coefficient (Wildman–Crippen LogP) is 2.13. The second kappa shape index (κ2) is 5.51. The summed E-state index contributed by atoms with van der Waals surface area (Å²) in [5.41, 5.74) is 0.384. The normalized spacial score (nSPS) is 20.5. The average molecular weight is 342 g/mol. The van der Waals surface area contributed by atoms with Crippen molar-refractivity contribution in [3.8, 4) is 9.88 Å². The predicted molar refractivity (Wildman–Crippen MR) is 84.6 cm³/mol. The number of carbonyl (C=O) groups excluding carboxylic acids is 1. The summed E-state index contributed by atoms with van der Waals surface area (Å²) in [5, 5.41) is 4.52. The lowest BCUT2D eigenvalue weighted by Gasteiger charge is -2.22. The second-order valence-corrected chi connectivity index (χ2v) is 9.02. The minimum atomic E-state index is -3.00. The molecule has 3 heterocycles. The molecule has 1 saturated heterocycles. The van der Waals surface area contributed by atoms with Gasteiger partial charge < -0.3 is 4.90 Å². The van der Waals surface area contributed by atoms with E-state index in [1.807, 2.05) is 17.5 Å². The number of thiophene rings is 1. The number of thiazole rings is 1. The van der Waals surface area contributed by atoms with Crippen LogP contribution in [-0.4, -0.2) is 48.8 Å². The zero-order valence-electron chi connectivity index (χ0n) is 11.4. The van der Waals surface area contributed by atoms with Crippen molar-refractivity contribution in [1.82, 2.24) is 9.88 Å². The fraction of sp³-hybridized carbons (Fsp3) is 0.385. The van der Waals surface area contributed by atoms with E-state index in [4.69, 9.17) is 0 Å². The maximum atomic E-state index is 12.4. The molecule has 1 amide bonds. The Kier molecular flexibility index (Phi) is 3.85. The van der Waals surface area contributed by atoms with Gasteiger partial charge in [0.15, 0.2) is 9.84 Å². The van der Waals surface area contributed by atoms with Gasteiger partial charge in [-0.15, -0.1) is 22.7 Å². The van der Waals surface area contributed by atoms with Gasteiger partial charge in [-0.05, 0) is 17.9 Å². The van der Waals surface area contributed by atoms with Crippen LogP contribution in [-0.2, 0) is 9.84 Å². The number of aromatic nitrogens is 1. The first-order valence-corrected chi connectivity index (χ1v) is 10.0. The van der Waals surface area contributed by atoms with Gasteiger partial charge in [0.2, 0.25) is 0 Å². The summed E-state index contributed by atoms with van der Waals surface area (Å²) in [4.78, 5) is 19.3. The molecule has 0 unspecified atom stereocenters. The first-order chi connectivity index (χ1) is 9.96. The summed E-state index contributed by atoms with van der Waals surface area (Å²) in [6, 6.07) is 3.66. The number of hydrogen-bond acceptors (Lipinski definition) is 6. The van der Waals surface area contributed by atoms with Gasteiger partial charge in [0.1, 0.15) is 10.7 Å². The van der Waals surface area contributed by atoms with E-state index >= 15 is 0 Å². The maximum absolute atomic E-state index is 12.4. The van der Waals surface area contributed by atoms with Gasteiger partial charge in [-0.2, -0.15) is 0 Å². The Hall–Kier alpha value is -1.25. The fourth-order valence-electron chi connectivity index (χ4n) is 2.31. The van der Waals surface area contributed by atoms with Gasteiger partial charge in [-0.3, -0.25) is 4.79 Å². The minimum Gasteiger partial charge on any atom is -0.336 e. The number of hydrogen-bond donors (Lipinski definition) is 0. The SMILES string of the molecule is CN(C(=O)c1csc(-c2cccs2)n1)[C@@H]1CCS(=O)(=O)C1. The lowest BCUT2D eigenvalue weighted by molar-refractivity contribution is 0.0742. The number of carbonyl (C=O) groups is 1. The van der Waals surface area contributed by atoms with E-state index in [0.29, 0.717) is 12.1 Å². The topological polar surface area (TPSA) is 67.3 Å². The molecule has 1 atom stereocenters. The summed E-state index contributed by atoms with van der Waals surface area (Å²) in [6.07, 6.45) is 0.506. The van der Waals surface area contributed by atoms with Crippen molar-refractivity contribution in [2.75, 3.05) is 18.6 Å². The van der Waals surface area contributed by atoms with Crippen molar-refractivity contribution in [2.24, 2.45) is 0 Å². The number of amides is 1. The van der Waals surface area contributed by atoms with Crippen molar-refractivity contribution in [3.63, 3.8) is 0 Å². The van der Waals surface area contributed by atoms with Gasteiger partial charge >= 0.3 is 0 Å². The third kappa shape index (κ3) is 3.02. The molecule has 8 heteroatoms. The first-order valence-electron chi connectivity index (χ1n) is 6.43. The molecule has 3 rings (SSSR count). The molecule has 1 fully saturated rings. The first kappa shape index (κ1) is 14.7. The molecule has 2 aromatic heterocycles. The van der Waals surface area contributed by atoms with Crippen molar-refractivity contribution in [3.05, 3.63) is 28.6 Å². The summed E-state index contributed by atoms with van der Waals surface area (Å²) in [6.45, 7) is 0. The van der Waals surface area contributed by atoms with Crippen LogP contribution in [0.5, 0.6) is 0 Å². The summed E-state index contributed by atoms with van der Waals surface area (Å²) >= 11 is 3.01. The molecule has 5 nitrogen and oxygen atoms in total. The molecule has 0 N–H and O–H groups in total. The molecule has 112 valence electrons. The highest BCUT2D eigenvalue weighted by molar-refractivity contribution is 7.91. The van der Waals surface area contributed by atoms with Crippen molar-refractivity contribution >= 4 is 38.4 Å². The van der Waals surface area contributed by atoms with Crippen LogP contribution in [0.3, 0.4) is 0 Å². The van der Waals surface area contributed by atoms with E-state index < -0.39 is 9.84 Å². The Morgan fingerprint density at radius 1 is 1.43 bits per heavy atom. The van der Waals surface area contributed by atoms with Crippen molar-refractivity contribution < 1.29 is 13.2 Å². The number of sulfone groups is 1. The highest BCUT2D eigenvalue weighted by Crippen LogP contribution is 2.28. The van der Waals surface area contributed by atoms with Crippen LogP contribution in [0, 0.1) is 0 Å². The lowest BCUT2D eigenvalue weighted by Crippen LogP contribution is -2.38. The number of nitrogens with zero attached hydrogens (tertiary/aromatic N) is 2. The Labute approximate surface area is 131 Å². The smallest absolute Gasteiger partial charge is 0.273 e. The van der Waals surface area contributed by atoms with E-state index in [9.17, 15) is 13.2 Å². The highest BCUT2D eigenvalue weighted by Gasteiger charge is 2.33. The third-order valence-corrected chi connectivity index (χ3v) is 7.16. The zero-order chi connectivity index (χ0) is 15.0. The monoisotopic (exact) mass is 342 g/mol. The quantitative estimate of drug-likeness (QED) is 0.857. The summed E-state index contributed by atoms with van der Waals surface area (Å²) < 4.78 is 23.0. The lowest BCUT2D eigenvalue weighted by atomic mass is 10.2. The van der Waals surface area contributed by atoms with Crippen LogP contribution in [0.25, 0.3) is 9.88 Å². The van der Waals surface area contributed by atoms with E-state index in [1.165, 1.54) is 16.2 Å². The Balaban J connectivity index is 1.76. The minimum absolute atomic E-state index is 0.0527. The standard InChI is InChI=1S/C13H14N2O3S3/c1-15(9-4-6-21(17,18)8-9)13(16)10-7-20-12(14-10)11-3-2-5-19-11/h2-3,5,7,9H,4,6,8H2,1H3/t9-/m1/s1. The van der Waals surface area contributed by atoms with E-state index in [1.54, 1.807) is 23.8 Å². The van der Waals surface area contributed by atoms with Crippen molar-refractivity contribution in [1.29, 1.82) is 0 Å². The maximum Gasteiger partial charge on any atom is 0.273 e. The van der Waals surface area contributed by atoms with Gasteiger partial charge in [-0.25, -0.2) is 13.4 Å². The largest absolute Gasteiger partial charge is 0.336 e. The molecule has 0 aromatic carbocycles. The third-order valence-electron chi connectivity index (χ3n) is 3.53. The molecule has 0 bridgehead atoms. The van der Waals surface area contributed by atoms with E-state index in [0.717, 1.165) is 9.88 Å². The van der Waals surface area contributed by atoms with Crippen LogP contribution < -0.4 is 0 Å². The molecule has 0 radical (unpaired) electrons. The molecular weight excluding hydrogens is 328 g/mol. The van der Waals surface area contributed by atoms with Crippen LogP contribution in [0.15, 0.2) is 22.9 Å². The molecule has 0 aliphatic carbocycles.